The molecular weight excluding hydrogens is 180 g/mol. The Morgan fingerprint density at radius 3 is 2.50 bits per heavy atom. The SMILES string of the molecule is CC(C)C(=O)OC1CC2OC1CC2C. The summed E-state index contributed by atoms with van der Waals surface area (Å²) in [6.07, 6.45) is 2.44. The number of esters is 1. The van der Waals surface area contributed by atoms with E-state index in [4.69, 9.17) is 9.47 Å². The standard InChI is InChI=1S/C11H18O3/c1-6(2)11(12)14-10-5-8-7(3)4-9(10)13-8/h6-10H,4-5H2,1-3H3. The first-order chi connectivity index (χ1) is 6.58. The van der Waals surface area contributed by atoms with Crippen molar-refractivity contribution in [1.82, 2.24) is 0 Å². The van der Waals surface area contributed by atoms with Gasteiger partial charge in [0.15, 0.2) is 0 Å². The number of hydrogen-bond donors (Lipinski definition) is 0. The Balaban J connectivity index is 1.88. The van der Waals surface area contributed by atoms with E-state index in [1.807, 2.05) is 13.8 Å². The van der Waals surface area contributed by atoms with Gasteiger partial charge in [-0.2, -0.15) is 0 Å². The molecule has 2 fully saturated rings. The van der Waals surface area contributed by atoms with E-state index in [-0.39, 0.29) is 24.1 Å². The van der Waals surface area contributed by atoms with Gasteiger partial charge in [-0.15, -0.1) is 0 Å². The molecule has 0 amide bonds. The highest BCUT2D eigenvalue weighted by atomic mass is 16.6. The van der Waals surface area contributed by atoms with Crippen LogP contribution in [0, 0.1) is 11.8 Å². The van der Waals surface area contributed by atoms with Crippen LogP contribution in [-0.2, 0) is 14.3 Å². The Labute approximate surface area is 84.8 Å². The summed E-state index contributed by atoms with van der Waals surface area (Å²) in [4.78, 5) is 11.4. The van der Waals surface area contributed by atoms with Crippen LogP contribution < -0.4 is 0 Å². The fraction of sp³-hybridized carbons (Fsp3) is 0.909. The van der Waals surface area contributed by atoms with E-state index < -0.39 is 0 Å². The molecule has 0 radical (unpaired) electrons. The Hall–Kier alpha value is -0.570. The Kier molecular flexibility index (Phi) is 2.52. The van der Waals surface area contributed by atoms with Crippen molar-refractivity contribution in [2.75, 3.05) is 0 Å². The van der Waals surface area contributed by atoms with Gasteiger partial charge in [0.05, 0.1) is 18.1 Å². The number of hydrogen-bond acceptors (Lipinski definition) is 3. The van der Waals surface area contributed by atoms with E-state index in [9.17, 15) is 4.79 Å². The van der Waals surface area contributed by atoms with Crippen LogP contribution in [0.4, 0.5) is 0 Å². The third kappa shape index (κ3) is 1.65. The number of carbonyl (C=O) groups excluding carboxylic acids is 1. The molecular formula is C11H18O3. The first kappa shape index (κ1) is 9.97. The van der Waals surface area contributed by atoms with Crippen LogP contribution in [0.25, 0.3) is 0 Å². The van der Waals surface area contributed by atoms with Crippen molar-refractivity contribution >= 4 is 5.97 Å². The minimum atomic E-state index is -0.0983. The molecule has 2 bridgehead atoms. The molecule has 3 nitrogen and oxygen atoms in total. The van der Waals surface area contributed by atoms with Crippen molar-refractivity contribution in [2.24, 2.45) is 11.8 Å². The number of carbonyl (C=O) groups is 1. The molecule has 14 heavy (non-hydrogen) atoms. The molecule has 2 aliphatic heterocycles. The third-order valence-electron chi connectivity index (χ3n) is 3.21. The molecule has 0 aromatic carbocycles. The van der Waals surface area contributed by atoms with Crippen LogP contribution in [-0.4, -0.2) is 24.3 Å². The monoisotopic (exact) mass is 198 g/mol. The summed E-state index contributed by atoms with van der Waals surface area (Å²) < 4.78 is 11.1. The van der Waals surface area contributed by atoms with E-state index in [0.29, 0.717) is 12.0 Å². The van der Waals surface area contributed by atoms with E-state index in [1.54, 1.807) is 0 Å². The average Bonchev–Trinajstić information content (AvgIpc) is 2.62. The molecule has 0 spiro atoms. The predicted octanol–water partition coefficient (Wildman–Crippen LogP) is 1.75. The van der Waals surface area contributed by atoms with Gasteiger partial charge in [-0.05, 0) is 12.3 Å². The van der Waals surface area contributed by atoms with Crippen molar-refractivity contribution < 1.29 is 14.3 Å². The third-order valence-corrected chi connectivity index (χ3v) is 3.21. The Morgan fingerprint density at radius 1 is 1.36 bits per heavy atom. The van der Waals surface area contributed by atoms with Gasteiger partial charge in [0.25, 0.3) is 0 Å². The lowest BCUT2D eigenvalue weighted by atomic mass is 9.89. The maximum atomic E-state index is 11.4. The van der Waals surface area contributed by atoms with Gasteiger partial charge in [-0.25, -0.2) is 0 Å². The van der Waals surface area contributed by atoms with Crippen molar-refractivity contribution in [1.29, 1.82) is 0 Å². The Bertz CT molecular complexity index is 235. The van der Waals surface area contributed by atoms with Crippen LogP contribution in [0.1, 0.15) is 33.6 Å². The molecule has 80 valence electrons. The van der Waals surface area contributed by atoms with Gasteiger partial charge in [-0.1, -0.05) is 20.8 Å². The zero-order chi connectivity index (χ0) is 10.3. The predicted molar refractivity (Wildman–Crippen MR) is 51.8 cm³/mol. The fourth-order valence-corrected chi connectivity index (χ4v) is 2.25. The number of rotatable bonds is 2. The van der Waals surface area contributed by atoms with Crippen molar-refractivity contribution in [3.05, 3.63) is 0 Å². The molecule has 4 atom stereocenters. The number of ether oxygens (including phenoxy) is 2. The van der Waals surface area contributed by atoms with Crippen LogP contribution in [0.2, 0.25) is 0 Å². The fourth-order valence-electron chi connectivity index (χ4n) is 2.25. The topological polar surface area (TPSA) is 35.5 Å². The second kappa shape index (κ2) is 3.54. The molecule has 0 aliphatic carbocycles. The molecule has 0 saturated carbocycles. The normalized spacial score (nSPS) is 40.6. The molecule has 2 saturated heterocycles. The van der Waals surface area contributed by atoms with Crippen molar-refractivity contribution in [3.63, 3.8) is 0 Å². The van der Waals surface area contributed by atoms with Gasteiger partial charge >= 0.3 is 5.97 Å². The van der Waals surface area contributed by atoms with Crippen LogP contribution >= 0.6 is 0 Å². The van der Waals surface area contributed by atoms with Crippen molar-refractivity contribution in [2.45, 2.75) is 51.9 Å². The summed E-state index contributed by atoms with van der Waals surface area (Å²) in [5.74, 6) is 0.499. The molecule has 3 heteroatoms. The number of fused-ring (bicyclic) bond motifs is 2. The van der Waals surface area contributed by atoms with E-state index in [1.165, 1.54) is 0 Å². The summed E-state index contributed by atoms with van der Waals surface area (Å²) in [6.45, 7) is 5.92. The van der Waals surface area contributed by atoms with Crippen LogP contribution in [0.3, 0.4) is 0 Å². The quantitative estimate of drug-likeness (QED) is 0.634. The minimum absolute atomic E-state index is 0.0195. The Morgan fingerprint density at radius 2 is 2.07 bits per heavy atom. The molecule has 0 N–H and O–H groups in total. The van der Waals surface area contributed by atoms with Gasteiger partial charge in [-0.3, -0.25) is 4.79 Å². The van der Waals surface area contributed by atoms with E-state index in [0.717, 1.165) is 12.8 Å². The van der Waals surface area contributed by atoms with Gasteiger partial charge in [0.1, 0.15) is 6.10 Å². The highest BCUT2D eigenvalue weighted by Gasteiger charge is 2.47. The average molecular weight is 198 g/mol. The lowest BCUT2D eigenvalue weighted by Gasteiger charge is -2.22. The second-order valence-corrected chi connectivity index (χ2v) is 4.79. The zero-order valence-corrected chi connectivity index (χ0v) is 9.03. The molecule has 2 rings (SSSR count). The molecule has 0 aromatic rings. The van der Waals surface area contributed by atoms with E-state index >= 15 is 0 Å². The zero-order valence-electron chi connectivity index (χ0n) is 9.03. The summed E-state index contributed by atoms with van der Waals surface area (Å²) in [6, 6.07) is 0. The lowest BCUT2D eigenvalue weighted by Crippen LogP contribution is -2.32. The highest BCUT2D eigenvalue weighted by molar-refractivity contribution is 5.71. The molecule has 4 unspecified atom stereocenters. The minimum Gasteiger partial charge on any atom is -0.459 e. The van der Waals surface area contributed by atoms with Gasteiger partial charge in [0, 0.05) is 6.42 Å². The van der Waals surface area contributed by atoms with Crippen molar-refractivity contribution in [3.8, 4) is 0 Å². The molecule has 0 aromatic heterocycles. The smallest absolute Gasteiger partial charge is 0.308 e. The first-order valence-electron chi connectivity index (χ1n) is 5.44. The molecule has 2 aliphatic rings. The van der Waals surface area contributed by atoms with Gasteiger partial charge < -0.3 is 9.47 Å². The van der Waals surface area contributed by atoms with Crippen LogP contribution in [0.15, 0.2) is 0 Å². The van der Waals surface area contributed by atoms with E-state index in [2.05, 4.69) is 6.92 Å². The molecule has 2 heterocycles. The maximum Gasteiger partial charge on any atom is 0.308 e. The summed E-state index contributed by atoms with van der Waals surface area (Å²) >= 11 is 0. The van der Waals surface area contributed by atoms with Crippen LogP contribution in [0.5, 0.6) is 0 Å². The summed E-state index contributed by atoms with van der Waals surface area (Å²) in [5, 5.41) is 0. The van der Waals surface area contributed by atoms with Gasteiger partial charge in [0.2, 0.25) is 0 Å². The lowest BCUT2D eigenvalue weighted by molar-refractivity contribution is -0.155. The summed E-state index contributed by atoms with van der Waals surface area (Å²) in [5.41, 5.74) is 0. The maximum absolute atomic E-state index is 11.4. The largest absolute Gasteiger partial charge is 0.459 e. The second-order valence-electron chi connectivity index (χ2n) is 4.79. The highest BCUT2D eigenvalue weighted by Crippen LogP contribution is 2.40. The summed E-state index contributed by atoms with van der Waals surface area (Å²) in [7, 11) is 0. The first-order valence-corrected chi connectivity index (χ1v) is 5.44.